The second-order valence-corrected chi connectivity index (χ2v) is 20.4. The molecule has 2 aromatic heterocycles. The summed E-state index contributed by atoms with van der Waals surface area (Å²) in [5, 5.41) is 12.3. The summed E-state index contributed by atoms with van der Waals surface area (Å²) < 4.78 is 2.28. The van der Waals surface area contributed by atoms with E-state index in [0.29, 0.717) is 5.82 Å². The van der Waals surface area contributed by atoms with E-state index in [1.54, 1.807) is 0 Å². The Labute approximate surface area is 412 Å². The summed E-state index contributed by atoms with van der Waals surface area (Å²) in [4.78, 5) is 10.6. The molecule has 0 fully saturated rings. The molecule has 0 aliphatic rings. The van der Waals surface area contributed by atoms with E-state index < -0.39 is 0 Å². The third kappa shape index (κ3) is 9.47. The van der Waals surface area contributed by atoms with Gasteiger partial charge in [-0.25, -0.2) is 4.98 Å². The number of imidazole rings is 1. The summed E-state index contributed by atoms with van der Waals surface area (Å²) in [7, 11) is 0. The average molecular weight is 1060 g/mol. The van der Waals surface area contributed by atoms with Crippen molar-refractivity contribution in [1.29, 1.82) is 0 Å². The van der Waals surface area contributed by atoms with E-state index >= 15 is 0 Å². The zero-order valence-electron chi connectivity index (χ0n) is 40.3. The normalized spacial score (nSPS) is 11.9. The van der Waals surface area contributed by atoms with Crippen LogP contribution in [-0.2, 0) is 31.9 Å². The number of hydrogen-bond acceptors (Lipinski definition) is 3. The fourth-order valence-corrected chi connectivity index (χ4v) is 8.94. The van der Waals surface area contributed by atoms with E-state index in [9.17, 15) is 5.11 Å². The average Bonchev–Trinajstić information content (AvgIpc) is 3.70. The summed E-state index contributed by atoms with van der Waals surface area (Å²) in [6.07, 6.45) is 1.90. The van der Waals surface area contributed by atoms with Gasteiger partial charge in [0.15, 0.2) is 0 Å². The van der Waals surface area contributed by atoms with Crippen LogP contribution in [0.4, 0.5) is 0 Å². The standard InChI is InChI=1S/C62H60N3O.Pt/c1-39(2)46-35-52(40(3)4)59(66)54(36-46)60-64-58-51(22-17-23-57(58)65(60)56-29-28-49(61(5,6)7)38-53(56)44-20-15-12-16-21-44)47-32-48(34-50(33-47)62(8,9)10)55-37-45(30-31-63-55)43-26-24-42(25-27-43)41-18-13-11-14-19-41;/h11-31,33-40,66H,1-10H3;/q-1;. The quantitative estimate of drug-likeness (QED) is 0.147. The van der Waals surface area contributed by atoms with Crippen LogP contribution in [0.15, 0.2) is 164 Å². The molecule has 1 N–H and O–H groups in total. The van der Waals surface area contributed by atoms with E-state index in [4.69, 9.17) is 9.97 Å². The number of aromatic hydroxyl groups is 1. The van der Waals surface area contributed by atoms with Crippen LogP contribution in [0.2, 0.25) is 0 Å². The maximum atomic E-state index is 12.3. The van der Waals surface area contributed by atoms with Crippen molar-refractivity contribution in [1.82, 2.24) is 14.5 Å². The number of para-hydroxylation sites is 1. The minimum atomic E-state index is -0.169. The summed E-state index contributed by atoms with van der Waals surface area (Å²) in [5.41, 5.74) is 18.2. The monoisotopic (exact) mass is 1060 g/mol. The maximum absolute atomic E-state index is 12.3. The Bertz CT molecular complexity index is 3200. The van der Waals surface area contributed by atoms with Crippen molar-refractivity contribution < 1.29 is 26.2 Å². The first-order chi connectivity index (χ1) is 31.5. The molecule has 0 aliphatic heterocycles. The number of nitrogens with zero attached hydrogens (tertiary/aromatic N) is 3. The third-order valence-corrected chi connectivity index (χ3v) is 13.0. The van der Waals surface area contributed by atoms with Crippen molar-refractivity contribution in [2.45, 2.75) is 91.9 Å². The summed E-state index contributed by atoms with van der Waals surface area (Å²) in [6, 6.07) is 60.1. The first kappa shape index (κ1) is 47.2. The van der Waals surface area contributed by atoms with E-state index in [-0.39, 0.29) is 49.5 Å². The van der Waals surface area contributed by atoms with Crippen LogP contribution >= 0.6 is 0 Å². The number of phenolic OH excluding ortho intramolecular Hbond substituents is 1. The number of fused-ring (bicyclic) bond motifs is 1. The largest absolute Gasteiger partial charge is 0.507 e. The van der Waals surface area contributed by atoms with Crippen LogP contribution in [0.5, 0.6) is 5.75 Å². The third-order valence-electron chi connectivity index (χ3n) is 13.0. The number of benzene rings is 7. The predicted octanol–water partition coefficient (Wildman–Crippen LogP) is 16.8. The molecule has 2 heterocycles. The molecule has 0 saturated heterocycles. The molecule has 0 saturated carbocycles. The Kier molecular flexibility index (Phi) is 13.2. The van der Waals surface area contributed by atoms with Crippen LogP contribution < -0.4 is 0 Å². The minimum Gasteiger partial charge on any atom is -0.507 e. The topological polar surface area (TPSA) is 50.9 Å². The van der Waals surface area contributed by atoms with Crippen molar-refractivity contribution in [2.75, 3.05) is 0 Å². The Morgan fingerprint density at radius 3 is 1.76 bits per heavy atom. The number of phenols is 1. The SMILES string of the molecule is CC(C)c1cc(-c2nc3c(-c4[c-]c(-c5cc(-c6ccc(-c7ccccc7)cc6)ccn5)cc(C(C)(C)C)c4)cccc3n2-c2ccc(C(C)(C)C)cc2-c2ccccc2)c(O)c(C(C)C)c1.[Pt]. The summed E-state index contributed by atoms with van der Waals surface area (Å²) in [6.45, 7) is 22.2. The van der Waals surface area contributed by atoms with Crippen molar-refractivity contribution in [3.05, 3.63) is 192 Å². The molecular formula is C62H60N3OPt-. The van der Waals surface area contributed by atoms with Gasteiger partial charge in [0.1, 0.15) is 11.6 Å². The molecule has 0 atom stereocenters. The molecule has 0 bridgehead atoms. The van der Waals surface area contributed by atoms with Crippen LogP contribution in [0.25, 0.3) is 83.9 Å². The predicted molar refractivity (Wildman–Crippen MR) is 278 cm³/mol. The first-order valence-corrected chi connectivity index (χ1v) is 23.3. The van der Waals surface area contributed by atoms with Gasteiger partial charge in [0.2, 0.25) is 0 Å². The van der Waals surface area contributed by atoms with Gasteiger partial charge in [-0.2, -0.15) is 0 Å². The molecule has 340 valence electrons. The fourth-order valence-electron chi connectivity index (χ4n) is 8.94. The Balaban J connectivity index is 0.00000608. The molecule has 0 spiro atoms. The van der Waals surface area contributed by atoms with Crippen molar-refractivity contribution in [2.24, 2.45) is 0 Å². The maximum Gasteiger partial charge on any atom is 0.148 e. The number of aromatic nitrogens is 3. The number of pyridine rings is 1. The Hall–Kier alpha value is -6.35. The van der Waals surface area contributed by atoms with Gasteiger partial charge in [0.25, 0.3) is 0 Å². The zero-order valence-corrected chi connectivity index (χ0v) is 42.6. The van der Waals surface area contributed by atoms with E-state index in [0.717, 1.165) is 78.0 Å². The molecule has 0 unspecified atom stereocenters. The number of hydrogen-bond donors (Lipinski definition) is 1. The summed E-state index contributed by atoms with van der Waals surface area (Å²) in [5.74, 6) is 1.31. The van der Waals surface area contributed by atoms with Gasteiger partial charge in [-0.05, 0) is 97.5 Å². The molecule has 4 nitrogen and oxygen atoms in total. The minimum absolute atomic E-state index is 0. The van der Waals surface area contributed by atoms with E-state index in [2.05, 4.69) is 232 Å². The van der Waals surface area contributed by atoms with Crippen LogP contribution in [0.3, 0.4) is 0 Å². The number of rotatable bonds is 9. The van der Waals surface area contributed by atoms with Gasteiger partial charge in [-0.3, -0.25) is 9.55 Å². The zero-order chi connectivity index (χ0) is 46.5. The molecule has 0 amide bonds. The van der Waals surface area contributed by atoms with Gasteiger partial charge in [0.05, 0.1) is 22.3 Å². The van der Waals surface area contributed by atoms with Gasteiger partial charge in [-0.1, -0.05) is 196 Å². The second kappa shape index (κ2) is 18.7. The van der Waals surface area contributed by atoms with Crippen molar-refractivity contribution >= 4 is 11.0 Å². The van der Waals surface area contributed by atoms with Crippen LogP contribution in [0, 0.1) is 6.07 Å². The Morgan fingerprint density at radius 2 is 1.13 bits per heavy atom. The van der Waals surface area contributed by atoms with Gasteiger partial charge >= 0.3 is 0 Å². The molecule has 0 aliphatic carbocycles. The molecule has 9 aromatic rings. The van der Waals surface area contributed by atoms with Crippen LogP contribution in [-0.4, -0.2) is 19.6 Å². The van der Waals surface area contributed by atoms with Crippen molar-refractivity contribution in [3.63, 3.8) is 0 Å². The molecule has 9 rings (SSSR count). The molecular weight excluding hydrogens is 998 g/mol. The molecule has 0 radical (unpaired) electrons. The van der Waals surface area contributed by atoms with Gasteiger partial charge < -0.3 is 5.11 Å². The molecule has 67 heavy (non-hydrogen) atoms. The molecule has 7 aromatic carbocycles. The van der Waals surface area contributed by atoms with Gasteiger partial charge in [-0.15, -0.1) is 29.3 Å². The fraction of sp³-hybridized carbons (Fsp3) is 0.226. The molecule has 5 heteroatoms. The van der Waals surface area contributed by atoms with Crippen LogP contribution in [0.1, 0.15) is 103 Å². The smallest absolute Gasteiger partial charge is 0.148 e. The second-order valence-electron chi connectivity index (χ2n) is 20.4. The van der Waals surface area contributed by atoms with E-state index in [1.807, 2.05) is 12.3 Å². The van der Waals surface area contributed by atoms with Gasteiger partial charge in [0, 0.05) is 38.5 Å². The summed E-state index contributed by atoms with van der Waals surface area (Å²) >= 11 is 0. The first-order valence-electron chi connectivity index (χ1n) is 23.3. The van der Waals surface area contributed by atoms with Crippen molar-refractivity contribution in [3.8, 4) is 78.6 Å². The Morgan fingerprint density at radius 1 is 0.522 bits per heavy atom. The van der Waals surface area contributed by atoms with E-state index in [1.165, 1.54) is 22.3 Å².